The van der Waals surface area contributed by atoms with Crippen molar-refractivity contribution in [2.24, 2.45) is 5.92 Å². The number of benzene rings is 1. The highest BCUT2D eigenvalue weighted by molar-refractivity contribution is 7.92. The molecule has 4 rings (SSSR count). The Morgan fingerprint density at radius 1 is 1.21 bits per heavy atom. The molecule has 176 valence electrons. The third-order valence-corrected chi connectivity index (χ3v) is 7.18. The molecule has 12 heteroatoms. The number of aromatic nitrogens is 1. The Labute approximate surface area is 188 Å². The largest absolute Gasteiger partial charge is 0.501 e. The summed E-state index contributed by atoms with van der Waals surface area (Å²) in [5.41, 5.74) is -5.59. The van der Waals surface area contributed by atoms with E-state index in [2.05, 4.69) is 15.6 Å². The van der Waals surface area contributed by atoms with Crippen molar-refractivity contribution < 1.29 is 31.2 Å². The Bertz CT molecular complexity index is 1210. The molecule has 2 atom stereocenters. The maximum atomic E-state index is 13.1. The minimum absolute atomic E-state index is 0.00604. The van der Waals surface area contributed by atoms with Gasteiger partial charge < -0.3 is 10.6 Å². The van der Waals surface area contributed by atoms with Gasteiger partial charge in [0.15, 0.2) is 0 Å². The van der Waals surface area contributed by atoms with Gasteiger partial charge in [0.1, 0.15) is 11.4 Å². The molecule has 0 bridgehead atoms. The topological polar surface area (TPSA) is 108 Å². The molecular formula is C21H21F3N4O4S. The Balaban J connectivity index is 1.50. The lowest BCUT2D eigenvalue weighted by molar-refractivity contribution is -0.119. The van der Waals surface area contributed by atoms with E-state index in [1.807, 2.05) is 26.0 Å². The minimum atomic E-state index is -5.52. The molecule has 0 radical (unpaired) electrons. The predicted molar refractivity (Wildman–Crippen MR) is 113 cm³/mol. The average molecular weight is 482 g/mol. The molecule has 8 nitrogen and oxygen atoms in total. The van der Waals surface area contributed by atoms with E-state index in [1.54, 1.807) is 6.20 Å². The predicted octanol–water partition coefficient (Wildman–Crippen LogP) is 3.25. The van der Waals surface area contributed by atoms with Crippen molar-refractivity contribution >= 4 is 33.3 Å². The quantitative estimate of drug-likeness (QED) is 0.612. The van der Waals surface area contributed by atoms with Crippen molar-refractivity contribution in [3.05, 3.63) is 48.2 Å². The maximum Gasteiger partial charge on any atom is 0.501 e. The number of pyridine rings is 1. The number of amides is 3. The first kappa shape index (κ1) is 23.0. The van der Waals surface area contributed by atoms with Gasteiger partial charge in [0, 0.05) is 12.2 Å². The number of sulfone groups is 1. The standard InChI is InChI=1S/C21H21F3N4O4S/c1-12(2)26-17-10-13(7-8-25-17)9-14-11-20(14)18(29)28(19(30)27-20)15-3-5-16(6-4-15)33(31,32)21(22,23)24/h3-8,10,12,14H,9,11H2,1-2H3,(H,25,26)(H,27,30). The number of imide groups is 1. The Morgan fingerprint density at radius 3 is 2.48 bits per heavy atom. The number of urea groups is 1. The maximum absolute atomic E-state index is 13.1. The molecule has 1 aliphatic carbocycles. The monoisotopic (exact) mass is 482 g/mol. The summed E-state index contributed by atoms with van der Waals surface area (Å²) in [6, 6.07) is 6.69. The molecule has 2 aromatic rings. The van der Waals surface area contributed by atoms with Crippen LogP contribution in [0.2, 0.25) is 0 Å². The summed E-state index contributed by atoms with van der Waals surface area (Å²) in [5, 5.41) is 5.90. The summed E-state index contributed by atoms with van der Waals surface area (Å²) in [7, 11) is -5.52. The highest BCUT2D eigenvalue weighted by Crippen LogP contribution is 2.50. The number of hydrogen-bond acceptors (Lipinski definition) is 6. The molecular weight excluding hydrogens is 461 g/mol. The van der Waals surface area contributed by atoms with E-state index in [-0.39, 0.29) is 17.6 Å². The molecule has 1 saturated heterocycles. The van der Waals surface area contributed by atoms with E-state index in [1.165, 1.54) is 0 Å². The van der Waals surface area contributed by atoms with Crippen molar-refractivity contribution in [2.45, 2.75) is 48.7 Å². The van der Waals surface area contributed by atoms with Gasteiger partial charge in [0.05, 0.1) is 10.6 Å². The molecule has 2 N–H and O–H groups in total. The molecule has 3 amide bonds. The Kier molecular flexibility index (Phi) is 5.38. The molecule has 1 spiro atoms. The second kappa shape index (κ2) is 7.72. The van der Waals surface area contributed by atoms with Crippen molar-refractivity contribution in [3.8, 4) is 0 Å². The third kappa shape index (κ3) is 4.03. The molecule has 1 saturated carbocycles. The second-order valence-electron chi connectivity index (χ2n) is 8.44. The van der Waals surface area contributed by atoms with Crippen LogP contribution in [-0.2, 0) is 21.1 Å². The number of nitrogens with zero attached hydrogens (tertiary/aromatic N) is 2. The van der Waals surface area contributed by atoms with Crippen LogP contribution in [0.15, 0.2) is 47.5 Å². The molecule has 2 aliphatic rings. The smallest absolute Gasteiger partial charge is 0.368 e. The van der Waals surface area contributed by atoms with E-state index in [0.717, 1.165) is 34.7 Å². The normalized spacial score (nSPS) is 22.7. The first-order chi connectivity index (χ1) is 15.3. The van der Waals surface area contributed by atoms with Gasteiger partial charge in [0.2, 0.25) is 0 Å². The summed E-state index contributed by atoms with van der Waals surface area (Å²) < 4.78 is 61.3. The first-order valence-corrected chi connectivity index (χ1v) is 11.6. The third-order valence-electron chi connectivity index (χ3n) is 5.68. The van der Waals surface area contributed by atoms with Crippen molar-refractivity contribution in [3.63, 3.8) is 0 Å². The van der Waals surface area contributed by atoms with E-state index >= 15 is 0 Å². The summed E-state index contributed by atoms with van der Waals surface area (Å²) >= 11 is 0. The van der Waals surface area contributed by atoms with Crippen LogP contribution >= 0.6 is 0 Å². The van der Waals surface area contributed by atoms with Gasteiger partial charge in [-0.05, 0) is 74.6 Å². The average Bonchev–Trinajstić information content (AvgIpc) is 3.32. The lowest BCUT2D eigenvalue weighted by Crippen LogP contribution is -2.35. The summed E-state index contributed by atoms with van der Waals surface area (Å²) in [4.78, 5) is 29.7. The number of nitrogens with one attached hydrogen (secondary N) is 2. The number of rotatable bonds is 6. The van der Waals surface area contributed by atoms with Gasteiger partial charge in [-0.25, -0.2) is 23.1 Å². The van der Waals surface area contributed by atoms with Crippen LogP contribution in [0.25, 0.3) is 0 Å². The number of alkyl halides is 3. The van der Waals surface area contributed by atoms with E-state index in [0.29, 0.717) is 18.7 Å². The van der Waals surface area contributed by atoms with Crippen LogP contribution in [0.5, 0.6) is 0 Å². The molecule has 1 aliphatic heterocycles. The van der Waals surface area contributed by atoms with E-state index < -0.39 is 37.7 Å². The van der Waals surface area contributed by atoms with Gasteiger partial charge in [-0.2, -0.15) is 13.2 Å². The van der Waals surface area contributed by atoms with E-state index in [4.69, 9.17) is 0 Å². The molecule has 1 aromatic heterocycles. The number of hydrogen-bond donors (Lipinski definition) is 2. The van der Waals surface area contributed by atoms with Crippen LogP contribution in [0.3, 0.4) is 0 Å². The summed E-state index contributed by atoms with van der Waals surface area (Å²) in [6.45, 7) is 3.97. The van der Waals surface area contributed by atoms with Gasteiger partial charge >= 0.3 is 11.5 Å². The Hall–Kier alpha value is -3.15. The fourth-order valence-corrected chi connectivity index (χ4v) is 4.75. The summed E-state index contributed by atoms with van der Waals surface area (Å²) in [6.07, 6.45) is 2.61. The zero-order valence-electron chi connectivity index (χ0n) is 17.7. The first-order valence-electron chi connectivity index (χ1n) is 10.1. The van der Waals surface area contributed by atoms with Crippen molar-refractivity contribution in [1.29, 1.82) is 0 Å². The van der Waals surface area contributed by atoms with Gasteiger partial charge in [-0.3, -0.25) is 4.79 Å². The highest BCUT2D eigenvalue weighted by Gasteiger charge is 2.67. The molecule has 2 unspecified atom stereocenters. The van der Waals surface area contributed by atoms with Gasteiger partial charge in [0.25, 0.3) is 15.7 Å². The van der Waals surface area contributed by atoms with E-state index in [9.17, 15) is 31.2 Å². The lowest BCUT2D eigenvalue weighted by Gasteiger charge is -2.14. The number of halogens is 3. The van der Waals surface area contributed by atoms with Crippen LogP contribution in [0.4, 0.5) is 29.5 Å². The van der Waals surface area contributed by atoms with Crippen LogP contribution in [0, 0.1) is 5.92 Å². The molecule has 1 aromatic carbocycles. The fraction of sp³-hybridized carbons (Fsp3) is 0.381. The minimum Gasteiger partial charge on any atom is -0.368 e. The second-order valence-corrected chi connectivity index (χ2v) is 10.4. The van der Waals surface area contributed by atoms with Gasteiger partial charge in [-0.1, -0.05) is 0 Å². The van der Waals surface area contributed by atoms with Crippen molar-refractivity contribution in [1.82, 2.24) is 10.3 Å². The summed E-state index contributed by atoms with van der Waals surface area (Å²) in [5.74, 6) is 0.0335. The van der Waals surface area contributed by atoms with Crippen LogP contribution < -0.4 is 15.5 Å². The molecule has 2 heterocycles. The van der Waals surface area contributed by atoms with Crippen molar-refractivity contribution in [2.75, 3.05) is 10.2 Å². The highest BCUT2D eigenvalue weighted by atomic mass is 32.2. The zero-order valence-corrected chi connectivity index (χ0v) is 18.5. The molecule has 2 fully saturated rings. The fourth-order valence-electron chi connectivity index (χ4n) is 3.99. The molecule has 33 heavy (non-hydrogen) atoms. The number of carbonyl (C=O) groups is 2. The van der Waals surface area contributed by atoms with Crippen LogP contribution in [0.1, 0.15) is 25.8 Å². The number of anilines is 2. The lowest BCUT2D eigenvalue weighted by atomic mass is 10.1. The number of carbonyl (C=O) groups excluding carboxylic acids is 2. The Morgan fingerprint density at radius 2 is 1.88 bits per heavy atom. The van der Waals surface area contributed by atoms with Crippen LogP contribution in [-0.4, -0.2) is 42.4 Å². The SMILES string of the molecule is CC(C)Nc1cc(CC2CC23NC(=O)N(c2ccc(S(=O)(=O)C(F)(F)F)cc2)C3=O)ccn1. The van der Waals surface area contributed by atoms with Gasteiger partial charge in [-0.15, -0.1) is 0 Å². The zero-order chi connectivity index (χ0) is 24.2.